The lowest BCUT2D eigenvalue weighted by molar-refractivity contribution is 0.0489. The smallest absolute Gasteiger partial charge is 0.340 e. The summed E-state index contributed by atoms with van der Waals surface area (Å²) in [5, 5.41) is 0. The van der Waals surface area contributed by atoms with Gasteiger partial charge >= 0.3 is 5.97 Å². The van der Waals surface area contributed by atoms with E-state index in [0.717, 1.165) is 12.0 Å². The Balaban J connectivity index is 2.59. The standard InChI is InChI=1S/C13H19NO2/c1-9(2)6-7-16-13(15)11-5-4-10(3)8-12(11)14/h4-5,8-9H,6-7,14H2,1-3H3. The van der Waals surface area contributed by atoms with Gasteiger partial charge in [-0.25, -0.2) is 4.79 Å². The molecule has 0 atom stereocenters. The van der Waals surface area contributed by atoms with E-state index in [4.69, 9.17) is 10.5 Å². The first kappa shape index (κ1) is 12.6. The molecule has 0 aliphatic heterocycles. The molecule has 0 aliphatic rings. The monoisotopic (exact) mass is 221 g/mol. The van der Waals surface area contributed by atoms with Crippen LogP contribution in [0.3, 0.4) is 0 Å². The second-order valence-electron chi connectivity index (χ2n) is 4.41. The molecule has 0 aromatic heterocycles. The molecule has 3 heteroatoms. The number of aryl methyl sites for hydroxylation is 1. The van der Waals surface area contributed by atoms with Crippen LogP contribution < -0.4 is 5.73 Å². The molecule has 3 nitrogen and oxygen atoms in total. The normalized spacial score (nSPS) is 10.5. The molecule has 0 radical (unpaired) electrons. The average Bonchev–Trinajstić information content (AvgIpc) is 2.16. The lowest BCUT2D eigenvalue weighted by Gasteiger charge is -2.08. The lowest BCUT2D eigenvalue weighted by Crippen LogP contribution is -2.10. The van der Waals surface area contributed by atoms with Gasteiger partial charge in [0.05, 0.1) is 12.2 Å². The Morgan fingerprint density at radius 1 is 1.44 bits per heavy atom. The summed E-state index contributed by atoms with van der Waals surface area (Å²) < 4.78 is 5.14. The predicted octanol–water partition coefficient (Wildman–Crippen LogP) is 2.78. The molecule has 1 aromatic carbocycles. The Bertz CT molecular complexity index is 372. The van der Waals surface area contributed by atoms with Crippen molar-refractivity contribution in [1.29, 1.82) is 0 Å². The van der Waals surface area contributed by atoms with Crippen LogP contribution in [0.1, 0.15) is 36.2 Å². The highest BCUT2D eigenvalue weighted by Crippen LogP contribution is 2.15. The van der Waals surface area contributed by atoms with E-state index in [2.05, 4.69) is 13.8 Å². The van der Waals surface area contributed by atoms with Gasteiger partial charge in [-0.05, 0) is 37.0 Å². The number of nitrogens with two attached hydrogens (primary N) is 1. The number of benzene rings is 1. The van der Waals surface area contributed by atoms with E-state index in [1.807, 2.05) is 13.0 Å². The van der Waals surface area contributed by atoms with Crippen LogP contribution >= 0.6 is 0 Å². The number of carbonyl (C=O) groups excluding carboxylic acids is 1. The molecule has 0 amide bonds. The first-order chi connectivity index (χ1) is 7.50. The first-order valence-corrected chi connectivity index (χ1v) is 5.54. The molecule has 16 heavy (non-hydrogen) atoms. The maximum absolute atomic E-state index is 11.7. The number of esters is 1. The Kier molecular flexibility index (Phi) is 4.35. The van der Waals surface area contributed by atoms with Crippen LogP contribution in [0.2, 0.25) is 0 Å². The molecule has 0 bridgehead atoms. The van der Waals surface area contributed by atoms with Gasteiger partial charge in [-0.15, -0.1) is 0 Å². The highest BCUT2D eigenvalue weighted by molar-refractivity contribution is 5.95. The highest BCUT2D eigenvalue weighted by atomic mass is 16.5. The summed E-state index contributed by atoms with van der Waals surface area (Å²) in [6.45, 7) is 6.57. The number of anilines is 1. The van der Waals surface area contributed by atoms with Gasteiger partial charge in [0.1, 0.15) is 0 Å². The number of rotatable bonds is 4. The summed E-state index contributed by atoms with van der Waals surface area (Å²) in [6.07, 6.45) is 0.873. The van der Waals surface area contributed by atoms with Crippen molar-refractivity contribution in [3.8, 4) is 0 Å². The lowest BCUT2D eigenvalue weighted by atomic mass is 10.1. The third-order valence-corrected chi connectivity index (χ3v) is 2.36. The second-order valence-corrected chi connectivity index (χ2v) is 4.41. The largest absolute Gasteiger partial charge is 0.462 e. The Morgan fingerprint density at radius 2 is 2.12 bits per heavy atom. The van der Waals surface area contributed by atoms with E-state index in [1.54, 1.807) is 12.1 Å². The van der Waals surface area contributed by atoms with Crippen LogP contribution in [-0.4, -0.2) is 12.6 Å². The fourth-order valence-corrected chi connectivity index (χ4v) is 1.33. The molecule has 0 aliphatic carbocycles. The molecule has 1 rings (SSSR count). The molecule has 0 saturated heterocycles. The number of carbonyl (C=O) groups is 1. The molecular formula is C13H19NO2. The topological polar surface area (TPSA) is 52.3 Å². The van der Waals surface area contributed by atoms with Gasteiger partial charge in [0.25, 0.3) is 0 Å². The molecule has 0 fully saturated rings. The summed E-state index contributed by atoms with van der Waals surface area (Å²) >= 11 is 0. The molecule has 88 valence electrons. The van der Waals surface area contributed by atoms with Gasteiger partial charge in [-0.1, -0.05) is 19.9 Å². The van der Waals surface area contributed by atoms with Crippen LogP contribution in [0.15, 0.2) is 18.2 Å². The quantitative estimate of drug-likeness (QED) is 0.628. The summed E-state index contributed by atoms with van der Waals surface area (Å²) in [6, 6.07) is 5.34. The summed E-state index contributed by atoms with van der Waals surface area (Å²) in [5.74, 6) is 0.196. The van der Waals surface area contributed by atoms with Crippen molar-refractivity contribution in [2.75, 3.05) is 12.3 Å². The molecule has 1 aromatic rings. The zero-order chi connectivity index (χ0) is 12.1. The van der Waals surface area contributed by atoms with Crippen molar-refractivity contribution in [3.05, 3.63) is 29.3 Å². The van der Waals surface area contributed by atoms with Crippen LogP contribution in [0.5, 0.6) is 0 Å². The Morgan fingerprint density at radius 3 is 2.69 bits per heavy atom. The van der Waals surface area contributed by atoms with E-state index >= 15 is 0 Å². The van der Waals surface area contributed by atoms with Crippen molar-refractivity contribution in [2.45, 2.75) is 27.2 Å². The van der Waals surface area contributed by atoms with E-state index < -0.39 is 0 Å². The van der Waals surface area contributed by atoms with Gasteiger partial charge < -0.3 is 10.5 Å². The second kappa shape index (κ2) is 5.54. The van der Waals surface area contributed by atoms with Gasteiger partial charge in [0, 0.05) is 5.69 Å². The molecule has 0 heterocycles. The number of ether oxygens (including phenoxy) is 1. The van der Waals surface area contributed by atoms with Gasteiger partial charge in [0.15, 0.2) is 0 Å². The summed E-state index contributed by atoms with van der Waals surface area (Å²) in [5.41, 5.74) is 7.73. The van der Waals surface area contributed by atoms with Gasteiger partial charge in [-0.2, -0.15) is 0 Å². The van der Waals surface area contributed by atoms with Gasteiger partial charge in [0.2, 0.25) is 0 Å². The van der Waals surface area contributed by atoms with E-state index in [0.29, 0.717) is 23.8 Å². The van der Waals surface area contributed by atoms with Crippen molar-refractivity contribution in [2.24, 2.45) is 5.92 Å². The third-order valence-electron chi connectivity index (χ3n) is 2.36. The molecule has 0 saturated carbocycles. The SMILES string of the molecule is Cc1ccc(C(=O)OCCC(C)C)c(N)c1. The first-order valence-electron chi connectivity index (χ1n) is 5.54. The van der Waals surface area contributed by atoms with E-state index in [9.17, 15) is 4.79 Å². The Hall–Kier alpha value is -1.51. The maximum Gasteiger partial charge on any atom is 0.340 e. The van der Waals surface area contributed by atoms with Crippen LogP contribution in [0.4, 0.5) is 5.69 Å². The van der Waals surface area contributed by atoms with Crippen LogP contribution in [0.25, 0.3) is 0 Å². The molecular weight excluding hydrogens is 202 g/mol. The molecule has 0 unspecified atom stereocenters. The zero-order valence-corrected chi connectivity index (χ0v) is 10.1. The van der Waals surface area contributed by atoms with Gasteiger partial charge in [-0.3, -0.25) is 0 Å². The number of hydrogen-bond donors (Lipinski definition) is 1. The predicted molar refractivity (Wildman–Crippen MR) is 65.3 cm³/mol. The zero-order valence-electron chi connectivity index (χ0n) is 10.1. The van der Waals surface area contributed by atoms with Crippen LogP contribution in [0, 0.1) is 12.8 Å². The summed E-state index contributed by atoms with van der Waals surface area (Å²) in [4.78, 5) is 11.7. The van der Waals surface area contributed by atoms with Crippen molar-refractivity contribution in [3.63, 3.8) is 0 Å². The highest BCUT2D eigenvalue weighted by Gasteiger charge is 2.10. The fourth-order valence-electron chi connectivity index (χ4n) is 1.33. The summed E-state index contributed by atoms with van der Waals surface area (Å²) in [7, 11) is 0. The Labute approximate surface area is 96.6 Å². The van der Waals surface area contributed by atoms with E-state index in [1.165, 1.54) is 0 Å². The number of nitrogen functional groups attached to an aromatic ring is 1. The molecule has 2 N–H and O–H groups in total. The van der Waals surface area contributed by atoms with E-state index in [-0.39, 0.29) is 5.97 Å². The minimum absolute atomic E-state index is 0.335. The minimum atomic E-state index is -0.335. The third kappa shape index (κ3) is 3.57. The maximum atomic E-state index is 11.7. The minimum Gasteiger partial charge on any atom is -0.462 e. The van der Waals surface area contributed by atoms with Crippen molar-refractivity contribution >= 4 is 11.7 Å². The fraction of sp³-hybridized carbons (Fsp3) is 0.462. The number of hydrogen-bond acceptors (Lipinski definition) is 3. The molecule has 0 spiro atoms. The van der Waals surface area contributed by atoms with Crippen molar-refractivity contribution < 1.29 is 9.53 Å². The van der Waals surface area contributed by atoms with Crippen molar-refractivity contribution in [1.82, 2.24) is 0 Å². The van der Waals surface area contributed by atoms with Crippen LogP contribution in [-0.2, 0) is 4.74 Å². The average molecular weight is 221 g/mol.